The van der Waals surface area contributed by atoms with E-state index in [1.807, 2.05) is 13.8 Å². The molecule has 1 amide bonds. The molecule has 16 heavy (non-hydrogen) atoms. The number of ether oxygens (including phenoxy) is 1. The molecule has 3 N–H and O–H groups in total. The largest absolute Gasteiger partial charge is 0.385 e. The van der Waals surface area contributed by atoms with Crippen molar-refractivity contribution in [3.05, 3.63) is 0 Å². The summed E-state index contributed by atoms with van der Waals surface area (Å²) in [5.41, 5.74) is 5.28. The Balaban J connectivity index is 3.64. The zero-order chi connectivity index (χ0) is 12.4. The molecule has 0 rings (SSSR count). The number of nitrogens with two attached hydrogens (primary N) is 1. The van der Waals surface area contributed by atoms with Crippen LogP contribution in [0.1, 0.15) is 46.0 Å². The summed E-state index contributed by atoms with van der Waals surface area (Å²) in [4.78, 5) is 11.8. The number of hydrogen-bond acceptors (Lipinski definition) is 3. The van der Waals surface area contributed by atoms with Gasteiger partial charge in [0.15, 0.2) is 0 Å². The highest BCUT2D eigenvalue weighted by Gasteiger charge is 2.29. The molecule has 0 aromatic carbocycles. The number of carbonyl (C=O) groups is 1. The number of amides is 1. The lowest BCUT2D eigenvalue weighted by molar-refractivity contribution is -0.126. The molecule has 0 aliphatic carbocycles. The lowest BCUT2D eigenvalue weighted by Crippen LogP contribution is -2.53. The fraction of sp³-hybridized carbons (Fsp3) is 0.917. The van der Waals surface area contributed by atoms with Crippen LogP contribution in [0.25, 0.3) is 0 Å². The quantitative estimate of drug-likeness (QED) is 0.589. The summed E-state index contributed by atoms with van der Waals surface area (Å²) in [5, 5.41) is 2.90. The zero-order valence-corrected chi connectivity index (χ0v) is 10.8. The van der Waals surface area contributed by atoms with E-state index in [0.717, 1.165) is 25.9 Å². The minimum absolute atomic E-state index is 0.0239. The maximum atomic E-state index is 11.8. The Bertz CT molecular complexity index is 191. The highest BCUT2D eigenvalue weighted by atomic mass is 16.5. The van der Waals surface area contributed by atoms with Crippen LogP contribution in [0.15, 0.2) is 0 Å². The number of nitrogens with one attached hydrogen (secondary N) is 1. The van der Waals surface area contributed by atoms with E-state index in [1.54, 1.807) is 7.11 Å². The number of carbonyl (C=O) groups excluding carboxylic acids is 1. The van der Waals surface area contributed by atoms with Crippen LogP contribution in [-0.4, -0.2) is 31.7 Å². The highest BCUT2D eigenvalue weighted by molar-refractivity contribution is 5.85. The fourth-order valence-corrected chi connectivity index (χ4v) is 1.50. The molecule has 4 heteroatoms. The Morgan fingerprint density at radius 1 is 1.25 bits per heavy atom. The number of rotatable bonds is 9. The number of unbranched alkanes of at least 4 members (excludes halogenated alkanes) is 2. The molecular formula is C12H26N2O2. The van der Waals surface area contributed by atoms with Gasteiger partial charge >= 0.3 is 0 Å². The molecule has 0 aliphatic rings. The van der Waals surface area contributed by atoms with Crippen LogP contribution in [0.2, 0.25) is 0 Å². The molecular weight excluding hydrogens is 204 g/mol. The van der Waals surface area contributed by atoms with E-state index >= 15 is 0 Å². The molecule has 0 bridgehead atoms. The molecule has 0 spiro atoms. The van der Waals surface area contributed by atoms with Crippen molar-refractivity contribution in [2.75, 3.05) is 20.3 Å². The van der Waals surface area contributed by atoms with Crippen molar-refractivity contribution in [1.82, 2.24) is 5.32 Å². The molecule has 0 atom stereocenters. The van der Waals surface area contributed by atoms with E-state index in [0.29, 0.717) is 19.4 Å². The van der Waals surface area contributed by atoms with Crippen molar-refractivity contribution in [3.8, 4) is 0 Å². The van der Waals surface area contributed by atoms with Gasteiger partial charge in [-0.25, -0.2) is 0 Å². The summed E-state index contributed by atoms with van der Waals surface area (Å²) < 4.78 is 4.95. The zero-order valence-electron chi connectivity index (χ0n) is 10.8. The van der Waals surface area contributed by atoms with Crippen LogP contribution in [0.5, 0.6) is 0 Å². The maximum absolute atomic E-state index is 11.8. The van der Waals surface area contributed by atoms with Gasteiger partial charge in [0.05, 0.1) is 5.54 Å². The summed E-state index contributed by atoms with van der Waals surface area (Å²) in [5.74, 6) is -0.0239. The first-order valence-corrected chi connectivity index (χ1v) is 6.16. The third-order valence-electron chi connectivity index (χ3n) is 3.02. The Kier molecular flexibility index (Phi) is 8.21. The second-order valence-corrected chi connectivity index (χ2v) is 4.17. The topological polar surface area (TPSA) is 64.4 Å². The van der Waals surface area contributed by atoms with Gasteiger partial charge < -0.3 is 15.8 Å². The van der Waals surface area contributed by atoms with Crippen LogP contribution in [0.3, 0.4) is 0 Å². The van der Waals surface area contributed by atoms with Crippen LogP contribution in [0, 0.1) is 0 Å². The molecule has 0 heterocycles. The minimum Gasteiger partial charge on any atom is -0.385 e. The SMILES string of the molecule is CCC(N)(CC)C(=O)NCCCCCOC. The summed E-state index contributed by atoms with van der Waals surface area (Å²) in [6, 6.07) is 0. The van der Waals surface area contributed by atoms with Crippen molar-refractivity contribution in [2.24, 2.45) is 5.73 Å². The predicted molar refractivity (Wildman–Crippen MR) is 66.2 cm³/mol. The number of hydrogen-bond donors (Lipinski definition) is 2. The highest BCUT2D eigenvalue weighted by Crippen LogP contribution is 2.10. The van der Waals surface area contributed by atoms with Crippen molar-refractivity contribution in [1.29, 1.82) is 0 Å². The van der Waals surface area contributed by atoms with Crippen LogP contribution < -0.4 is 11.1 Å². The van der Waals surface area contributed by atoms with Crippen LogP contribution >= 0.6 is 0 Å². The van der Waals surface area contributed by atoms with Gasteiger partial charge in [0.25, 0.3) is 0 Å². The van der Waals surface area contributed by atoms with Gasteiger partial charge in [0.1, 0.15) is 0 Å². The third-order valence-corrected chi connectivity index (χ3v) is 3.02. The Morgan fingerprint density at radius 2 is 1.88 bits per heavy atom. The smallest absolute Gasteiger partial charge is 0.240 e. The summed E-state index contributed by atoms with van der Waals surface area (Å²) >= 11 is 0. The molecule has 0 saturated heterocycles. The molecule has 0 aromatic rings. The summed E-state index contributed by atoms with van der Waals surface area (Å²) in [6.45, 7) is 5.39. The lowest BCUT2D eigenvalue weighted by atomic mass is 9.93. The molecule has 0 radical (unpaired) electrons. The average Bonchev–Trinajstić information content (AvgIpc) is 2.32. The first kappa shape index (κ1) is 15.4. The lowest BCUT2D eigenvalue weighted by Gasteiger charge is -2.25. The molecule has 96 valence electrons. The van der Waals surface area contributed by atoms with E-state index in [-0.39, 0.29) is 5.91 Å². The molecule has 0 aliphatic heterocycles. The Labute approximate surface area is 98.9 Å². The maximum Gasteiger partial charge on any atom is 0.240 e. The fourth-order valence-electron chi connectivity index (χ4n) is 1.50. The average molecular weight is 230 g/mol. The van der Waals surface area contributed by atoms with Crippen molar-refractivity contribution < 1.29 is 9.53 Å². The van der Waals surface area contributed by atoms with Gasteiger partial charge in [0, 0.05) is 20.3 Å². The minimum atomic E-state index is -0.688. The van der Waals surface area contributed by atoms with Gasteiger partial charge in [-0.2, -0.15) is 0 Å². The van der Waals surface area contributed by atoms with E-state index in [4.69, 9.17) is 10.5 Å². The first-order valence-electron chi connectivity index (χ1n) is 6.16. The van der Waals surface area contributed by atoms with Crippen LogP contribution in [0.4, 0.5) is 0 Å². The molecule has 0 saturated carbocycles. The summed E-state index contributed by atoms with van der Waals surface area (Å²) in [7, 11) is 1.70. The predicted octanol–water partition coefficient (Wildman–Crippen LogP) is 1.44. The molecule has 0 unspecified atom stereocenters. The van der Waals surface area contributed by atoms with E-state index in [1.165, 1.54) is 0 Å². The first-order chi connectivity index (χ1) is 7.60. The van der Waals surface area contributed by atoms with E-state index in [9.17, 15) is 4.79 Å². The van der Waals surface area contributed by atoms with Crippen molar-refractivity contribution >= 4 is 5.91 Å². The van der Waals surface area contributed by atoms with E-state index in [2.05, 4.69) is 5.32 Å². The van der Waals surface area contributed by atoms with Crippen molar-refractivity contribution in [2.45, 2.75) is 51.5 Å². The standard InChI is InChI=1S/C12H26N2O2/c1-4-12(13,5-2)11(15)14-9-7-6-8-10-16-3/h4-10,13H2,1-3H3,(H,14,15). The third kappa shape index (κ3) is 5.47. The van der Waals surface area contributed by atoms with Gasteiger partial charge in [-0.15, -0.1) is 0 Å². The van der Waals surface area contributed by atoms with Crippen LogP contribution in [-0.2, 0) is 9.53 Å². The number of methoxy groups -OCH3 is 1. The van der Waals surface area contributed by atoms with Gasteiger partial charge in [0.2, 0.25) is 5.91 Å². The van der Waals surface area contributed by atoms with Gasteiger partial charge in [-0.3, -0.25) is 4.79 Å². The summed E-state index contributed by atoms with van der Waals surface area (Å²) in [6.07, 6.45) is 4.46. The monoisotopic (exact) mass is 230 g/mol. The second kappa shape index (κ2) is 8.53. The normalized spacial score (nSPS) is 11.5. The van der Waals surface area contributed by atoms with Crippen molar-refractivity contribution in [3.63, 3.8) is 0 Å². The Morgan fingerprint density at radius 3 is 2.38 bits per heavy atom. The second-order valence-electron chi connectivity index (χ2n) is 4.17. The Hall–Kier alpha value is -0.610. The molecule has 0 aromatic heterocycles. The van der Waals surface area contributed by atoms with E-state index < -0.39 is 5.54 Å². The molecule has 4 nitrogen and oxygen atoms in total. The van der Waals surface area contributed by atoms with Gasteiger partial charge in [-0.1, -0.05) is 13.8 Å². The van der Waals surface area contributed by atoms with Gasteiger partial charge in [-0.05, 0) is 32.1 Å². The molecule has 0 fully saturated rings.